The number of anilines is 2. The van der Waals surface area contributed by atoms with Crippen LogP contribution >= 0.6 is 23.2 Å². The number of nitrogens with two attached hydrogens (primary N) is 1. The molecule has 0 radical (unpaired) electrons. The molecule has 0 unspecified atom stereocenters. The smallest absolute Gasteiger partial charge is 0.217 e. The lowest BCUT2D eigenvalue weighted by Crippen LogP contribution is -2.46. The third-order valence-electron chi connectivity index (χ3n) is 9.59. The minimum Gasteiger partial charge on any atom is -0.495 e. The largest absolute Gasteiger partial charge is 0.495 e. The summed E-state index contributed by atoms with van der Waals surface area (Å²) in [6.07, 6.45) is 10.3. The Balaban J connectivity index is 1.05. The molecule has 308 valence electrons. The van der Waals surface area contributed by atoms with Crippen LogP contribution in [0.1, 0.15) is 63.4 Å². The second kappa shape index (κ2) is 25.6. The Labute approximate surface area is 341 Å². The highest BCUT2D eigenvalue weighted by Gasteiger charge is 2.18. The molecule has 0 bridgehead atoms. The number of unbranched alkanes of at least 4 members (excludes halogenated alkanes) is 5. The monoisotopic (exact) mass is 816 g/mol. The van der Waals surface area contributed by atoms with Gasteiger partial charge in [-0.05, 0) is 50.8 Å². The third kappa shape index (κ3) is 15.4. The number of rotatable bonds is 28. The van der Waals surface area contributed by atoms with Gasteiger partial charge in [-0.15, -0.1) is 0 Å². The van der Waals surface area contributed by atoms with Crippen LogP contribution in [0.5, 0.6) is 17.2 Å². The summed E-state index contributed by atoms with van der Waals surface area (Å²) >= 11 is 12.7. The highest BCUT2D eigenvalue weighted by atomic mass is 35.5. The highest BCUT2D eigenvalue weighted by Crippen LogP contribution is 2.40. The summed E-state index contributed by atoms with van der Waals surface area (Å²) in [5, 5.41) is 14.6. The molecule has 4 rings (SSSR count). The van der Waals surface area contributed by atoms with Crippen molar-refractivity contribution < 1.29 is 33.2 Å². The number of nitriles is 1. The van der Waals surface area contributed by atoms with Crippen LogP contribution in [0, 0.1) is 11.3 Å². The number of carbonyl (C=O) groups is 1. The molecule has 3 N–H and O–H groups in total. The Hall–Kier alpha value is -3.61. The summed E-state index contributed by atoms with van der Waals surface area (Å²) < 4.78 is 34.1. The van der Waals surface area contributed by atoms with Gasteiger partial charge in [-0.3, -0.25) is 9.78 Å². The fourth-order valence-corrected chi connectivity index (χ4v) is 6.94. The second-order valence-corrected chi connectivity index (χ2v) is 14.5. The molecule has 15 heteroatoms. The van der Waals surface area contributed by atoms with E-state index in [0.29, 0.717) is 101 Å². The van der Waals surface area contributed by atoms with E-state index in [1.807, 2.05) is 12.1 Å². The van der Waals surface area contributed by atoms with Crippen LogP contribution in [0.2, 0.25) is 10.0 Å². The second-order valence-electron chi connectivity index (χ2n) is 13.7. The fraction of sp³-hybridized carbons (Fsp3) is 0.585. The van der Waals surface area contributed by atoms with Crippen molar-refractivity contribution >= 4 is 51.4 Å². The molecule has 0 aliphatic carbocycles. The zero-order chi connectivity index (χ0) is 40.0. The summed E-state index contributed by atoms with van der Waals surface area (Å²) in [5.41, 5.74) is 7.20. The van der Waals surface area contributed by atoms with Gasteiger partial charge in [0, 0.05) is 76.1 Å². The first-order valence-corrected chi connectivity index (χ1v) is 20.4. The number of fused-ring (bicyclic) bond motifs is 1. The Kier molecular flexibility index (Phi) is 20.6. The number of aromatic nitrogens is 1. The number of amides is 1. The van der Waals surface area contributed by atoms with Crippen molar-refractivity contribution in [3.8, 4) is 23.3 Å². The van der Waals surface area contributed by atoms with Crippen molar-refractivity contribution in [2.45, 2.75) is 57.8 Å². The number of carbonyl (C=O) groups excluding carboxylic acids is 1. The number of ether oxygens (including phenoxy) is 6. The van der Waals surface area contributed by atoms with Crippen molar-refractivity contribution in [3.05, 3.63) is 46.1 Å². The lowest BCUT2D eigenvalue weighted by molar-refractivity contribution is -0.118. The van der Waals surface area contributed by atoms with Crippen molar-refractivity contribution in [1.29, 1.82) is 5.26 Å². The van der Waals surface area contributed by atoms with Gasteiger partial charge in [-0.25, -0.2) is 0 Å². The van der Waals surface area contributed by atoms with Gasteiger partial charge < -0.3 is 49.3 Å². The Morgan fingerprint density at radius 3 is 1.98 bits per heavy atom. The molecule has 3 aromatic rings. The Bertz CT molecular complexity index is 1690. The number of nitrogens with zero attached hydrogens (tertiary/aromatic N) is 4. The average molecular weight is 818 g/mol. The van der Waals surface area contributed by atoms with Crippen molar-refractivity contribution in [2.24, 2.45) is 5.73 Å². The molecule has 0 atom stereocenters. The number of benzene rings is 2. The predicted octanol–water partition coefficient (Wildman–Crippen LogP) is 7.22. The van der Waals surface area contributed by atoms with Crippen molar-refractivity contribution in [1.82, 2.24) is 14.8 Å². The summed E-state index contributed by atoms with van der Waals surface area (Å²) in [4.78, 5) is 20.3. The van der Waals surface area contributed by atoms with Gasteiger partial charge in [0.2, 0.25) is 5.91 Å². The molecule has 2 aromatic carbocycles. The van der Waals surface area contributed by atoms with Crippen molar-refractivity contribution in [2.75, 3.05) is 105 Å². The molecule has 1 aliphatic heterocycles. The molecule has 1 amide bonds. The predicted molar refractivity (Wildman–Crippen MR) is 221 cm³/mol. The van der Waals surface area contributed by atoms with E-state index in [-0.39, 0.29) is 5.91 Å². The molecule has 1 fully saturated rings. The normalized spacial score (nSPS) is 13.5. The number of hydrogen-bond acceptors (Lipinski definition) is 12. The van der Waals surface area contributed by atoms with Crippen LogP contribution in [-0.2, 0) is 19.0 Å². The maximum absolute atomic E-state index is 10.7. The molecule has 1 aliphatic rings. The molecule has 56 heavy (non-hydrogen) atoms. The molecule has 13 nitrogen and oxygen atoms in total. The van der Waals surface area contributed by atoms with Gasteiger partial charge in [-0.2, -0.15) is 5.26 Å². The lowest BCUT2D eigenvalue weighted by Gasteiger charge is -2.34. The maximum Gasteiger partial charge on any atom is 0.217 e. The van der Waals surface area contributed by atoms with Crippen LogP contribution in [0.4, 0.5) is 11.4 Å². The maximum atomic E-state index is 10.7. The summed E-state index contributed by atoms with van der Waals surface area (Å²) in [6, 6.07) is 9.16. The number of halogens is 2. The number of pyridine rings is 1. The quantitative estimate of drug-likeness (QED) is 0.0712. The average Bonchev–Trinajstić information content (AvgIpc) is 3.20. The molecular weight excluding hydrogens is 759 g/mol. The number of nitrogens with one attached hydrogen (secondary N) is 1. The van der Waals surface area contributed by atoms with E-state index in [4.69, 9.17) is 57.4 Å². The van der Waals surface area contributed by atoms with Crippen LogP contribution in [0.3, 0.4) is 0 Å². The molecular formula is C41H58Cl2N6O7. The first kappa shape index (κ1) is 45.1. The van der Waals surface area contributed by atoms with Crippen LogP contribution in [0.25, 0.3) is 10.9 Å². The first-order chi connectivity index (χ1) is 27.3. The van der Waals surface area contributed by atoms with Gasteiger partial charge in [0.1, 0.15) is 11.8 Å². The highest BCUT2D eigenvalue weighted by molar-refractivity contribution is 6.37. The van der Waals surface area contributed by atoms with Gasteiger partial charge in [0.15, 0.2) is 11.5 Å². The van der Waals surface area contributed by atoms with Crippen LogP contribution in [0.15, 0.2) is 30.5 Å². The Morgan fingerprint density at radius 1 is 0.750 bits per heavy atom. The zero-order valence-corrected chi connectivity index (χ0v) is 34.4. The van der Waals surface area contributed by atoms with Gasteiger partial charge in [0.05, 0.1) is 79.8 Å². The first-order valence-electron chi connectivity index (χ1n) is 19.6. The van der Waals surface area contributed by atoms with E-state index in [9.17, 15) is 10.1 Å². The van der Waals surface area contributed by atoms with Gasteiger partial charge in [0.25, 0.3) is 0 Å². The minimum absolute atomic E-state index is 0.241. The van der Waals surface area contributed by atoms with E-state index < -0.39 is 0 Å². The number of methoxy groups -OCH3 is 2. The summed E-state index contributed by atoms with van der Waals surface area (Å²) in [5.74, 6) is 1.36. The van der Waals surface area contributed by atoms with Gasteiger partial charge in [-0.1, -0.05) is 42.5 Å². The SMILES string of the molecule is COc1cc(Nc2c(C#N)cnc3cc(OCCCN4CCN(CCCCCCOCCOCCOCCCCCC(N)=O)CC4)c(OC)cc23)c(Cl)cc1Cl. The molecule has 2 heterocycles. The number of piperazine rings is 1. The Morgan fingerprint density at radius 2 is 1.36 bits per heavy atom. The van der Waals surface area contributed by atoms with E-state index in [1.54, 1.807) is 19.2 Å². The fourth-order valence-electron chi connectivity index (χ4n) is 6.43. The minimum atomic E-state index is -0.241. The lowest BCUT2D eigenvalue weighted by atomic mass is 10.1. The van der Waals surface area contributed by atoms with E-state index in [2.05, 4.69) is 26.2 Å². The van der Waals surface area contributed by atoms with Gasteiger partial charge >= 0.3 is 0 Å². The molecule has 0 saturated carbocycles. The van der Waals surface area contributed by atoms with E-state index >= 15 is 0 Å². The number of hydrogen-bond donors (Lipinski definition) is 2. The topological polar surface area (TPSA) is 154 Å². The van der Waals surface area contributed by atoms with Crippen molar-refractivity contribution in [3.63, 3.8) is 0 Å². The summed E-state index contributed by atoms with van der Waals surface area (Å²) in [7, 11) is 3.12. The van der Waals surface area contributed by atoms with Crippen LogP contribution < -0.4 is 25.3 Å². The third-order valence-corrected chi connectivity index (χ3v) is 10.2. The molecule has 1 saturated heterocycles. The molecule has 0 spiro atoms. The van der Waals surface area contributed by atoms with E-state index in [0.717, 1.165) is 78.0 Å². The van der Waals surface area contributed by atoms with Crippen LogP contribution in [-0.4, -0.2) is 120 Å². The standard InChI is InChI=1S/C41H58Cl2N6O7/c1-51-37-28-36(33(42)26-34(37)43)47-41-31(29-44)30-46-35-27-39(38(52-2)25-32(35)41)56-20-10-13-49-16-14-48(15-17-49)12-7-3-4-8-18-53-21-23-55-24-22-54-19-9-5-6-11-40(45)50/h25-28,30H,3-24H2,1-2H3,(H2,45,50)(H,46,47). The molecule has 1 aromatic heterocycles. The zero-order valence-electron chi connectivity index (χ0n) is 32.9. The summed E-state index contributed by atoms with van der Waals surface area (Å²) in [6.45, 7) is 10.8. The number of primary amides is 1. The van der Waals surface area contributed by atoms with E-state index in [1.165, 1.54) is 32.6 Å².